The summed E-state index contributed by atoms with van der Waals surface area (Å²) in [5.74, 6) is 1.61. The van der Waals surface area contributed by atoms with E-state index in [9.17, 15) is 0 Å². The number of hydrogen-bond donors (Lipinski definition) is 1. The maximum Gasteiger partial charge on any atom is 0.128 e. The Balaban J connectivity index is 1.64. The van der Waals surface area contributed by atoms with Gasteiger partial charge >= 0.3 is 0 Å². The Morgan fingerprint density at radius 2 is 1.84 bits per heavy atom. The molecule has 2 aromatic rings. The van der Waals surface area contributed by atoms with Crippen molar-refractivity contribution >= 4 is 17.1 Å². The first-order valence-corrected chi connectivity index (χ1v) is 12.1. The number of likely N-dealkylation sites (N-methyl/N-ethyl adjacent to an activating group) is 1. The SMILES string of the molecule is C/C=C(/CCN/C(=C/CC)c1ccc(N2CCN(C)CC2)nc1)c1ccccc1C(C)C. The van der Waals surface area contributed by atoms with E-state index in [0.29, 0.717) is 5.92 Å². The van der Waals surface area contributed by atoms with Crippen LogP contribution in [0.2, 0.25) is 0 Å². The van der Waals surface area contributed by atoms with Gasteiger partial charge in [-0.2, -0.15) is 0 Å². The minimum absolute atomic E-state index is 0.523. The molecular weight excluding hydrogens is 392 g/mol. The molecule has 0 saturated carbocycles. The van der Waals surface area contributed by atoms with Crippen molar-refractivity contribution in [2.45, 2.75) is 46.5 Å². The van der Waals surface area contributed by atoms with Crippen LogP contribution in [0.3, 0.4) is 0 Å². The van der Waals surface area contributed by atoms with Gasteiger partial charge in [0.25, 0.3) is 0 Å². The summed E-state index contributed by atoms with van der Waals surface area (Å²) < 4.78 is 0. The van der Waals surface area contributed by atoms with Crippen LogP contribution in [0.15, 0.2) is 54.7 Å². The number of anilines is 1. The van der Waals surface area contributed by atoms with E-state index in [-0.39, 0.29) is 0 Å². The lowest BCUT2D eigenvalue weighted by atomic mass is 9.91. The summed E-state index contributed by atoms with van der Waals surface area (Å²) in [4.78, 5) is 9.53. The molecule has 0 unspecified atom stereocenters. The van der Waals surface area contributed by atoms with Crippen molar-refractivity contribution in [3.63, 3.8) is 0 Å². The van der Waals surface area contributed by atoms with Crippen LogP contribution in [0, 0.1) is 0 Å². The average molecular weight is 433 g/mol. The van der Waals surface area contributed by atoms with Gasteiger partial charge < -0.3 is 15.1 Å². The zero-order valence-electron chi connectivity index (χ0n) is 20.6. The molecule has 32 heavy (non-hydrogen) atoms. The van der Waals surface area contributed by atoms with Gasteiger partial charge in [0.2, 0.25) is 0 Å². The fraction of sp³-hybridized carbons (Fsp3) is 0.464. The van der Waals surface area contributed by atoms with Gasteiger partial charge in [-0.05, 0) is 61.6 Å². The minimum atomic E-state index is 0.523. The molecule has 2 heterocycles. The number of nitrogens with zero attached hydrogens (tertiary/aromatic N) is 3. The number of rotatable bonds is 9. The number of aromatic nitrogens is 1. The van der Waals surface area contributed by atoms with Gasteiger partial charge in [-0.15, -0.1) is 0 Å². The van der Waals surface area contributed by atoms with Crippen LogP contribution in [0.5, 0.6) is 0 Å². The molecule has 4 nitrogen and oxygen atoms in total. The summed E-state index contributed by atoms with van der Waals surface area (Å²) in [5.41, 5.74) is 6.55. The molecule has 0 amide bonds. The van der Waals surface area contributed by atoms with Crippen LogP contribution < -0.4 is 10.2 Å². The van der Waals surface area contributed by atoms with Crippen molar-refractivity contribution in [1.82, 2.24) is 15.2 Å². The Hall–Kier alpha value is -2.59. The number of nitrogens with one attached hydrogen (secondary N) is 1. The summed E-state index contributed by atoms with van der Waals surface area (Å²) in [6, 6.07) is 13.2. The maximum absolute atomic E-state index is 4.78. The quantitative estimate of drug-likeness (QED) is 0.543. The van der Waals surface area contributed by atoms with E-state index in [4.69, 9.17) is 4.98 Å². The standard InChI is InChI=1S/C28H40N4/c1-6-10-27(24-13-14-28(30-21-24)32-19-17-31(5)18-20-32)29-16-15-23(7-2)26-12-9-8-11-25(26)22(3)4/h7-14,21-22,29H,6,15-20H2,1-5H3/b23-7-,27-10+. The van der Waals surface area contributed by atoms with Gasteiger partial charge in [0.05, 0.1) is 0 Å². The number of benzene rings is 1. The van der Waals surface area contributed by atoms with E-state index >= 15 is 0 Å². The van der Waals surface area contributed by atoms with Crippen molar-refractivity contribution in [2.75, 3.05) is 44.7 Å². The average Bonchev–Trinajstić information content (AvgIpc) is 2.82. The van der Waals surface area contributed by atoms with Gasteiger partial charge in [-0.25, -0.2) is 4.98 Å². The van der Waals surface area contributed by atoms with Crippen molar-refractivity contribution < 1.29 is 0 Å². The maximum atomic E-state index is 4.78. The van der Waals surface area contributed by atoms with Crippen LogP contribution >= 0.6 is 0 Å². The van der Waals surface area contributed by atoms with Gasteiger partial charge in [0.15, 0.2) is 0 Å². The highest BCUT2D eigenvalue weighted by atomic mass is 15.3. The Labute approximate surface area is 195 Å². The largest absolute Gasteiger partial charge is 0.384 e. The molecular formula is C28H40N4. The highest BCUT2D eigenvalue weighted by Gasteiger charge is 2.15. The van der Waals surface area contributed by atoms with Crippen molar-refractivity contribution in [2.24, 2.45) is 0 Å². The van der Waals surface area contributed by atoms with Crippen LogP contribution in [-0.2, 0) is 0 Å². The lowest BCUT2D eigenvalue weighted by Crippen LogP contribution is -2.44. The molecule has 3 rings (SSSR count). The molecule has 0 aliphatic carbocycles. The molecule has 0 radical (unpaired) electrons. The molecule has 1 aromatic heterocycles. The van der Waals surface area contributed by atoms with E-state index < -0.39 is 0 Å². The van der Waals surface area contributed by atoms with Crippen molar-refractivity contribution in [3.8, 4) is 0 Å². The second kappa shape index (κ2) is 11.9. The first-order chi connectivity index (χ1) is 15.5. The summed E-state index contributed by atoms with van der Waals surface area (Å²) in [5, 5.41) is 3.69. The monoisotopic (exact) mass is 432 g/mol. The summed E-state index contributed by atoms with van der Waals surface area (Å²) >= 11 is 0. The topological polar surface area (TPSA) is 31.4 Å². The molecule has 1 aromatic carbocycles. The van der Waals surface area contributed by atoms with Crippen LogP contribution in [-0.4, -0.2) is 49.7 Å². The molecule has 0 spiro atoms. The van der Waals surface area contributed by atoms with Crippen molar-refractivity contribution in [1.29, 1.82) is 0 Å². The van der Waals surface area contributed by atoms with Crippen LogP contribution in [0.25, 0.3) is 11.3 Å². The fourth-order valence-corrected chi connectivity index (χ4v) is 4.32. The van der Waals surface area contributed by atoms with Gasteiger partial charge in [0.1, 0.15) is 5.82 Å². The molecule has 1 aliphatic rings. The zero-order chi connectivity index (χ0) is 22.9. The first-order valence-electron chi connectivity index (χ1n) is 12.1. The van der Waals surface area contributed by atoms with E-state index in [0.717, 1.165) is 56.9 Å². The number of pyridine rings is 1. The second-order valence-corrected chi connectivity index (χ2v) is 8.95. The Kier molecular flexibility index (Phi) is 8.92. The third-order valence-corrected chi connectivity index (χ3v) is 6.28. The summed E-state index contributed by atoms with van der Waals surface area (Å²) in [6.45, 7) is 14.1. The Morgan fingerprint density at radius 3 is 2.47 bits per heavy atom. The van der Waals surface area contributed by atoms with Gasteiger partial charge in [-0.3, -0.25) is 0 Å². The molecule has 1 fully saturated rings. The molecule has 0 bridgehead atoms. The van der Waals surface area contributed by atoms with Crippen LogP contribution in [0.4, 0.5) is 5.82 Å². The summed E-state index contributed by atoms with van der Waals surface area (Å²) in [7, 11) is 2.18. The lowest BCUT2D eigenvalue weighted by Gasteiger charge is -2.33. The first kappa shape index (κ1) is 24.1. The van der Waals surface area contributed by atoms with E-state index in [1.807, 2.05) is 6.20 Å². The highest BCUT2D eigenvalue weighted by molar-refractivity contribution is 5.69. The predicted molar refractivity (Wildman–Crippen MR) is 139 cm³/mol. The molecule has 1 aliphatic heterocycles. The predicted octanol–water partition coefficient (Wildman–Crippen LogP) is 5.79. The molecule has 172 valence electrons. The third-order valence-electron chi connectivity index (χ3n) is 6.28. The normalized spacial score (nSPS) is 16.0. The highest BCUT2D eigenvalue weighted by Crippen LogP contribution is 2.27. The van der Waals surface area contributed by atoms with Crippen LogP contribution in [0.1, 0.15) is 63.1 Å². The van der Waals surface area contributed by atoms with E-state index in [1.165, 1.54) is 22.4 Å². The second-order valence-electron chi connectivity index (χ2n) is 8.95. The molecule has 1 saturated heterocycles. The van der Waals surface area contributed by atoms with E-state index in [1.54, 1.807) is 0 Å². The zero-order valence-corrected chi connectivity index (χ0v) is 20.6. The molecule has 4 heteroatoms. The van der Waals surface area contributed by atoms with Gasteiger partial charge in [0, 0.05) is 50.2 Å². The lowest BCUT2D eigenvalue weighted by molar-refractivity contribution is 0.312. The Morgan fingerprint density at radius 1 is 1.09 bits per heavy atom. The Bertz CT molecular complexity index is 903. The fourth-order valence-electron chi connectivity index (χ4n) is 4.32. The van der Waals surface area contributed by atoms with E-state index in [2.05, 4.69) is 98.4 Å². The van der Waals surface area contributed by atoms with Crippen molar-refractivity contribution in [3.05, 3.63) is 71.4 Å². The number of allylic oxidation sites excluding steroid dienone is 2. The number of hydrogen-bond acceptors (Lipinski definition) is 4. The molecule has 0 atom stereocenters. The molecule has 1 N–H and O–H groups in total. The summed E-state index contributed by atoms with van der Waals surface area (Å²) in [6.07, 6.45) is 8.54. The smallest absolute Gasteiger partial charge is 0.128 e. The third kappa shape index (κ3) is 6.23. The van der Waals surface area contributed by atoms with Gasteiger partial charge in [-0.1, -0.05) is 57.2 Å². The minimum Gasteiger partial charge on any atom is -0.384 e. The number of piperazine rings is 1.